The van der Waals surface area contributed by atoms with Crippen molar-refractivity contribution in [2.24, 2.45) is 0 Å². The molecule has 1 aliphatic rings. The van der Waals surface area contributed by atoms with Crippen LogP contribution in [0.5, 0.6) is 0 Å². The van der Waals surface area contributed by atoms with Crippen molar-refractivity contribution in [1.29, 1.82) is 0 Å². The lowest BCUT2D eigenvalue weighted by Crippen LogP contribution is -2.48. The number of aryl methyl sites for hydroxylation is 1. The molecular formula is C22H28N2O. The Kier molecular flexibility index (Phi) is 5.24. The minimum atomic E-state index is 0.0289. The predicted octanol–water partition coefficient (Wildman–Crippen LogP) is 3.70. The van der Waals surface area contributed by atoms with E-state index in [0.717, 1.165) is 42.6 Å². The molecule has 1 saturated heterocycles. The third-order valence-electron chi connectivity index (χ3n) is 5.77. The first-order valence-electron chi connectivity index (χ1n) is 9.10. The molecule has 1 heterocycles. The number of nitrogens with one attached hydrogen (secondary N) is 1. The van der Waals surface area contributed by atoms with Gasteiger partial charge in [0.1, 0.15) is 0 Å². The van der Waals surface area contributed by atoms with Crippen molar-refractivity contribution in [2.45, 2.75) is 32.1 Å². The van der Waals surface area contributed by atoms with Gasteiger partial charge < -0.3 is 10.2 Å². The quantitative estimate of drug-likeness (QED) is 0.923. The maximum absolute atomic E-state index is 12.8. The standard InChI is InChI=1S/C22H28N2O/c1-17-8-7-11-20(18(17)2)21(25)23-16-22(12-14-24(3)15-13-22)19-9-5-4-6-10-19/h4-11H,12-16H2,1-3H3,(H,23,25). The molecule has 1 N–H and O–H groups in total. The lowest BCUT2D eigenvalue weighted by molar-refractivity contribution is 0.0927. The third kappa shape index (κ3) is 3.77. The summed E-state index contributed by atoms with van der Waals surface area (Å²) in [6.07, 6.45) is 2.14. The third-order valence-corrected chi connectivity index (χ3v) is 5.77. The Bertz CT molecular complexity index is 731. The molecule has 0 aromatic heterocycles. The summed E-state index contributed by atoms with van der Waals surface area (Å²) in [5.74, 6) is 0.0374. The van der Waals surface area contributed by atoms with Gasteiger partial charge in [-0.1, -0.05) is 42.5 Å². The molecule has 0 atom stereocenters. The van der Waals surface area contributed by atoms with Gasteiger partial charge in [-0.3, -0.25) is 4.79 Å². The number of carbonyl (C=O) groups excluding carboxylic acids is 1. The number of nitrogens with zero attached hydrogens (tertiary/aromatic N) is 1. The van der Waals surface area contributed by atoms with E-state index >= 15 is 0 Å². The van der Waals surface area contributed by atoms with Crippen LogP contribution in [-0.4, -0.2) is 37.5 Å². The fourth-order valence-electron chi connectivity index (χ4n) is 3.75. The molecule has 3 nitrogen and oxygen atoms in total. The Balaban J connectivity index is 1.80. The van der Waals surface area contributed by atoms with Gasteiger partial charge in [0.25, 0.3) is 5.91 Å². The van der Waals surface area contributed by atoms with Crippen LogP contribution in [0.3, 0.4) is 0 Å². The molecule has 3 rings (SSSR count). The molecule has 2 aromatic carbocycles. The highest BCUT2D eigenvalue weighted by Crippen LogP contribution is 2.34. The lowest BCUT2D eigenvalue weighted by Gasteiger charge is -2.41. The summed E-state index contributed by atoms with van der Waals surface area (Å²) < 4.78 is 0. The largest absolute Gasteiger partial charge is 0.351 e. The van der Waals surface area contributed by atoms with Crippen LogP contribution in [-0.2, 0) is 5.41 Å². The highest BCUT2D eigenvalue weighted by molar-refractivity contribution is 5.96. The molecule has 0 spiro atoms. The summed E-state index contributed by atoms with van der Waals surface area (Å²) in [5.41, 5.74) is 4.38. The van der Waals surface area contributed by atoms with E-state index < -0.39 is 0 Å². The molecule has 2 aromatic rings. The van der Waals surface area contributed by atoms with Gasteiger partial charge in [0.2, 0.25) is 0 Å². The van der Waals surface area contributed by atoms with Crippen LogP contribution in [0.15, 0.2) is 48.5 Å². The van der Waals surface area contributed by atoms with Gasteiger partial charge in [0.05, 0.1) is 0 Å². The van der Waals surface area contributed by atoms with Gasteiger partial charge in [-0.2, -0.15) is 0 Å². The first-order chi connectivity index (χ1) is 12.0. The number of benzene rings is 2. The molecule has 0 radical (unpaired) electrons. The summed E-state index contributed by atoms with van der Waals surface area (Å²) in [6.45, 7) is 6.89. The van der Waals surface area contributed by atoms with E-state index in [-0.39, 0.29) is 11.3 Å². The molecule has 1 fully saturated rings. The van der Waals surface area contributed by atoms with Gasteiger partial charge in [-0.05, 0) is 69.6 Å². The molecule has 25 heavy (non-hydrogen) atoms. The van der Waals surface area contributed by atoms with Crippen LogP contribution in [0.1, 0.15) is 39.9 Å². The van der Waals surface area contributed by atoms with Crippen LogP contribution in [0.2, 0.25) is 0 Å². The Morgan fingerprint density at radius 1 is 1.04 bits per heavy atom. The number of likely N-dealkylation sites (tertiary alicyclic amines) is 1. The normalized spacial score (nSPS) is 17.2. The fourth-order valence-corrected chi connectivity index (χ4v) is 3.75. The van der Waals surface area contributed by atoms with E-state index in [2.05, 4.69) is 60.6 Å². The minimum absolute atomic E-state index is 0.0289. The van der Waals surface area contributed by atoms with Crippen LogP contribution >= 0.6 is 0 Å². The van der Waals surface area contributed by atoms with Crippen LogP contribution in [0.25, 0.3) is 0 Å². The summed E-state index contributed by atoms with van der Waals surface area (Å²) in [5, 5.41) is 3.23. The fraction of sp³-hybridized carbons (Fsp3) is 0.409. The average molecular weight is 336 g/mol. The topological polar surface area (TPSA) is 32.3 Å². The van der Waals surface area contributed by atoms with Crippen molar-refractivity contribution in [3.63, 3.8) is 0 Å². The molecule has 0 bridgehead atoms. The first kappa shape index (κ1) is 17.7. The second kappa shape index (κ2) is 7.40. The monoisotopic (exact) mass is 336 g/mol. The second-order valence-corrected chi connectivity index (χ2v) is 7.38. The molecule has 132 valence electrons. The SMILES string of the molecule is Cc1cccc(C(=O)NCC2(c3ccccc3)CCN(C)CC2)c1C. The summed E-state index contributed by atoms with van der Waals surface area (Å²) in [6, 6.07) is 16.6. The van der Waals surface area contributed by atoms with Crippen LogP contribution < -0.4 is 5.32 Å². The van der Waals surface area contributed by atoms with E-state index in [0.29, 0.717) is 6.54 Å². The Labute approximate surface area is 151 Å². The number of hydrogen-bond donors (Lipinski definition) is 1. The molecule has 0 saturated carbocycles. The van der Waals surface area contributed by atoms with Gasteiger partial charge in [0.15, 0.2) is 0 Å². The number of rotatable bonds is 4. The Morgan fingerprint density at radius 2 is 1.72 bits per heavy atom. The summed E-state index contributed by atoms with van der Waals surface area (Å²) in [4.78, 5) is 15.1. The molecule has 0 unspecified atom stereocenters. The van der Waals surface area contributed by atoms with Crippen molar-refractivity contribution < 1.29 is 4.79 Å². The number of hydrogen-bond acceptors (Lipinski definition) is 2. The van der Waals surface area contributed by atoms with Crippen molar-refractivity contribution in [3.05, 3.63) is 70.8 Å². The van der Waals surface area contributed by atoms with Crippen molar-refractivity contribution in [3.8, 4) is 0 Å². The van der Waals surface area contributed by atoms with E-state index in [1.807, 2.05) is 19.1 Å². The van der Waals surface area contributed by atoms with Gasteiger partial charge in [-0.15, -0.1) is 0 Å². The molecule has 0 aliphatic carbocycles. The van der Waals surface area contributed by atoms with Gasteiger partial charge in [0, 0.05) is 17.5 Å². The van der Waals surface area contributed by atoms with Crippen LogP contribution in [0, 0.1) is 13.8 Å². The first-order valence-corrected chi connectivity index (χ1v) is 9.10. The summed E-state index contributed by atoms with van der Waals surface area (Å²) >= 11 is 0. The molecule has 3 heteroatoms. The maximum Gasteiger partial charge on any atom is 0.251 e. The highest BCUT2D eigenvalue weighted by Gasteiger charge is 2.35. The van der Waals surface area contributed by atoms with E-state index in [1.54, 1.807) is 0 Å². The van der Waals surface area contributed by atoms with Crippen molar-refractivity contribution >= 4 is 5.91 Å². The number of piperidine rings is 1. The average Bonchev–Trinajstić information content (AvgIpc) is 2.64. The van der Waals surface area contributed by atoms with Gasteiger partial charge >= 0.3 is 0 Å². The lowest BCUT2D eigenvalue weighted by atomic mass is 9.72. The van der Waals surface area contributed by atoms with Crippen molar-refractivity contribution in [2.75, 3.05) is 26.7 Å². The molecular weight excluding hydrogens is 308 g/mol. The number of amides is 1. The zero-order valence-corrected chi connectivity index (χ0v) is 15.5. The highest BCUT2D eigenvalue weighted by atomic mass is 16.1. The minimum Gasteiger partial charge on any atom is -0.351 e. The molecule has 1 aliphatic heterocycles. The van der Waals surface area contributed by atoms with E-state index in [1.165, 1.54) is 5.56 Å². The Morgan fingerprint density at radius 3 is 2.40 bits per heavy atom. The zero-order chi connectivity index (χ0) is 17.9. The zero-order valence-electron chi connectivity index (χ0n) is 15.5. The summed E-state index contributed by atoms with van der Waals surface area (Å²) in [7, 11) is 2.17. The molecule has 1 amide bonds. The van der Waals surface area contributed by atoms with Gasteiger partial charge in [-0.25, -0.2) is 0 Å². The maximum atomic E-state index is 12.8. The van der Waals surface area contributed by atoms with E-state index in [4.69, 9.17) is 0 Å². The van der Waals surface area contributed by atoms with Crippen molar-refractivity contribution in [1.82, 2.24) is 10.2 Å². The Hall–Kier alpha value is -2.13. The van der Waals surface area contributed by atoms with Crippen LogP contribution in [0.4, 0.5) is 0 Å². The second-order valence-electron chi connectivity index (χ2n) is 7.38. The van der Waals surface area contributed by atoms with E-state index in [9.17, 15) is 4.79 Å². The smallest absolute Gasteiger partial charge is 0.251 e. The number of carbonyl (C=O) groups is 1. The predicted molar refractivity (Wildman–Crippen MR) is 103 cm³/mol.